The van der Waals surface area contributed by atoms with Gasteiger partial charge in [-0.2, -0.15) is 10.2 Å². The standard InChI is InChI=1S/C22H46N2O2Si2/c1-25-28(6,26-2)22-18-14-10-8-12-16-20-24-23-19-15-11-7-9-13-17-21-27(3,4)5/h7-16,18-20,22H2,1-6H3/b24-23-. The zero-order chi connectivity index (χ0) is 21.1. The summed E-state index contributed by atoms with van der Waals surface area (Å²) in [5.74, 6) is 3.34. The van der Waals surface area contributed by atoms with Gasteiger partial charge in [-0.25, -0.2) is 0 Å². The maximum Gasteiger partial charge on any atom is 0.334 e. The first-order chi connectivity index (χ1) is 13.3. The smallest absolute Gasteiger partial charge is 0.334 e. The first-order valence-corrected chi connectivity index (χ1v) is 17.3. The van der Waals surface area contributed by atoms with Gasteiger partial charge in [-0.3, -0.25) is 0 Å². The number of nitrogens with zero attached hydrogens (tertiary/aromatic N) is 2. The predicted molar refractivity (Wildman–Crippen MR) is 127 cm³/mol. The van der Waals surface area contributed by atoms with Gasteiger partial charge in [-0.1, -0.05) is 64.6 Å². The number of unbranched alkanes of at least 4 members (excludes halogenated alkanes) is 9. The van der Waals surface area contributed by atoms with E-state index in [0.717, 1.165) is 32.0 Å². The molecule has 0 aromatic rings. The van der Waals surface area contributed by atoms with Crippen molar-refractivity contribution in [3.05, 3.63) is 0 Å². The number of hydrogen-bond acceptors (Lipinski definition) is 4. The Labute approximate surface area is 177 Å². The van der Waals surface area contributed by atoms with Crippen molar-refractivity contribution in [2.24, 2.45) is 10.2 Å². The highest BCUT2D eigenvalue weighted by atomic mass is 28.4. The minimum absolute atomic E-state index is 0.891. The number of azo groups is 1. The van der Waals surface area contributed by atoms with E-state index >= 15 is 0 Å². The summed E-state index contributed by atoms with van der Waals surface area (Å²) in [6.45, 7) is 10.8. The highest BCUT2D eigenvalue weighted by molar-refractivity contribution is 6.83. The maximum absolute atomic E-state index is 5.52. The minimum atomic E-state index is -1.85. The molecule has 0 unspecified atom stereocenters. The number of hydrogen-bond donors (Lipinski definition) is 0. The van der Waals surface area contributed by atoms with Crippen LogP contribution in [-0.2, 0) is 8.85 Å². The third-order valence-corrected chi connectivity index (χ3v) is 8.79. The van der Waals surface area contributed by atoms with Gasteiger partial charge < -0.3 is 8.85 Å². The van der Waals surface area contributed by atoms with E-state index in [9.17, 15) is 0 Å². The molecule has 0 aliphatic carbocycles. The number of rotatable bonds is 17. The topological polar surface area (TPSA) is 43.2 Å². The van der Waals surface area contributed by atoms with Crippen molar-refractivity contribution in [2.45, 2.75) is 103 Å². The first kappa shape index (κ1) is 27.5. The van der Waals surface area contributed by atoms with Crippen LogP contribution in [0.5, 0.6) is 0 Å². The Kier molecular flexibility index (Phi) is 17.1. The van der Waals surface area contributed by atoms with Gasteiger partial charge in [0, 0.05) is 20.6 Å². The van der Waals surface area contributed by atoms with E-state index in [1.165, 1.54) is 57.8 Å². The monoisotopic (exact) mass is 426 g/mol. The van der Waals surface area contributed by atoms with Crippen LogP contribution in [0, 0.1) is 11.5 Å². The summed E-state index contributed by atoms with van der Waals surface area (Å²) in [7, 11) is 0.529. The van der Waals surface area contributed by atoms with Crippen LogP contribution in [0.3, 0.4) is 0 Å². The highest BCUT2D eigenvalue weighted by Gasteiger charge is 2.27. The van der Waals surface area contributed by atoms with Gasteiger partial charge in [0.2, 0.25) is 0 Å². The van der Waals surface area contributed by atoms with E-state index < -0.39 is 16.6 Å². The summed E-state index contributed by atoms with van der Waals surface area (Å²) in [6.07, 6.45) is 13.5. The summed E-state index contributed by atoms with van der Waals surface area (Å²) in [5, 5.41) is 8.62. The van der Waals surface area contributed by atoms with Crippen LogP contribution in [0.4, 0.5) is 0 Å². The van der Waals surface area contributed by atoms with Crippen molar-refractivity contribution in [1.29, 1.82) is 0 Å². The molecule has 0 aliphatic heterocycles. The molecule has 0 aromatic carbocycles. The molecule has 0 atom stereocenters. The molecule has 164 valence electrons. The summed E-state index contributed by atoms with van der Waals surface area (Å²) >= 11 is 0. The second-order valence-electron chi connectivity index (χ2n) is 8.86. The third-order valence-electron chi connectivity index (χ3n) is 4.88. The van der Waals surface area contributed by atoms with E-state index in [1.54, 1.807) is 14.2 Å². The molecule has 0 saturated carbocycles. The van der Waals surface area contributed by atoms with E-state index in [1.807, 2.05) is 0 Å². The zero-order valence-electron chi connectivity index (χ0n) is 19.6. The van der Waals surface area contributed by atoms with E-state index in [4.69, 9.17) is 8.85 Å². The predicted octanol–water partition coefficient (Wildman–Crippen LogP) is 6.98. The van der Waals surface area contributed by atoms with Gasteiger partial charge in [0.25, 0.3) is 0 Å². The van der Waals surface area contributed by atoms with Crippen LogP contribution >= 0.6 is 0 Å². The largest absolute Gasteiger partial charge is 0.398 e. The molecule has 0 fully saturated rings. The van der Waals surface area contributed by atoms with Crippen molar-refractivity contribution in [2.75, 3.05) is 27.3 Å². The van der Waals surface area contributed by atoms with Crippen LogP contribution < -0.4 is 0 Å². The van der Waals surface area contributed by atoms with Crippen molar-refractivity contribution < 1.29 is 8.85 Å². The van der Waals surface area contributed by atoms with Crippen LogP contribution in [0.2, 0.25) is 32.2 Å². The average molecular weight is 427 g/mol. The molecule has 28 heavy (non-hydrogen) atoms. The Hall–Kier alpha value is -0.486. The molecule has 0 spiro atoms. The quantitative estimate of drug-likeness (QED) is 0.109. The van der Waals surface area contributed by atoms with Crippen molar-refractivity contribution in [1.82, 2.24) is 0 Å². The lowest BCUT2D eigenvalue weighted by Gasteiger charge is -2.22. The fourth-order valence-corrected chi connectivity index (χ4v) is 4.96. The Balaban J connectivity index is 3.33. The van der Waals surface area contributed by atoms with Crippen molar-refractivity contribution in [3.63, 3.8) is 0 Å². The van der Waals surface area contributed by atoms with Gasteiger partial charge in [0.05, 0.1) is 13.1 Å². The fourth-order valence-electron chi connectivity index (χ4n) is 2.84. The molecular formula is C22H46N2O2Si2. The van der Waals surface area contributed by atoms with Gasteiger partial charge in [-0.05, 0) is 31.9 Å². The molecule has 0 aliphatic rings. The highest BCUT2D eigenvalue weighted by Crippen LogP contribution is 2.17. The first-order valence-electron chi connectivity index (χ1n) is 11.3. The summed E-state index contributed by atoms with van der Waals surface area (Å²) < 4.78 is 11.0. The maximum atomic E-state index is 5.52. The molecule has 0 N–H and O–H groups in total. The molecule has 0 amide bonds. The van der Waals surface area contributed by atoms with Crippen molar-refractivity contribution >= 4 is 16.6 Å². The lowest BCUT2D eigenvalue weighted by atomic mass is 10.1. The van der Waals surface area contributed by atoms with Gasteiger partial charge >= 0.3 is 8.56 Å². The molecule has 0 radical (unpaired) electrons. The Morgan fingerprint density at radius 1 is 0.643 bits per heavy atom. The zero-order valence-corrected chi connectivity index (χ0v) is 21.6. The molecular weight excluding hydrogens is 380 g/mol. The minimum Gasteiger partial charge on any atom is -0.398 e. The van der Waals surface area contributed by atoms with Gasteiger partial charge in [0.1, 0.15) is 8.07 Å². The average Bonchev–Trinajstić information content (AvgIpc) is 2.66. The molecule has 4 nitrogen and oxygen atoms in total. The Morgan fingerprint density at radius 2 is 1.11 bits per heavy atom. The van der Waals surface area contributed by atoms with Crippen LogP contribution in [0.25, 0.3) is 0 Å². The summed E-state index contributed by atoms with van der Waals surface area (Å²) in [5.41, 5.74) is 3.43. The lowest BCUT2D eigenvalue weighted by Crippen LogP contribution is -2.35. The summed E-state index contributed by atoms with van der Waals surface area (Å²) in [6, 6.07) is 1.10. The van der Waals surface area contributed by atoms with Crippen LogP contribution in [-0.4, -0.2) is 43.9 Å². The van der Waals surface area contributed by atoms with Gasteiger partial charge in [-0.15, -0.1) is 11.5 Å². The van der Waals surface area contributed by atoms with E-state index in [-0.39, 0.29) is 0 Å². The van der Waals surface area contributed by atoms with E-state index in [2.05, 4.69) is 47.9 Å². The van der Waals surface area contributed by atoms with E-state index in [0.29, 0.717) is 0 Å². The Bertz CT molecular complexity index is 450. The van der Waals surface area contributed by atoms with Gasteiger partial charge in [0.15, 0.2) is 0 Å². The second kappa shape index (κ2) is 17.4. The van der Waals surface area contributed by atoms with Crippen LogP contribution in [0.1, 0.15) is 70.6 Å². The molecule has 0 bridgehead atoms. The second-order valence-corrected chi connectivity index (χ2v) is 17.2. The Morgan fingerprint density at radius 3 is 1.61 bits per heavy atom. The van der Waals surface area contributed by atoms with Crippen molar-refractivity contribution in [3.8, 4) is 11.5 Å². The fraction of sp³-hybridized carbons (Fsp3) is 0.909. The molecule has 0 heterocycles. The molecule has 0 rings (SSSR count). The lowest BCUT2D eigenvalue weighted by molar-refractivity contribution is 0.248. The normalized spacial score (nSPS) is 12.4. The van der Waals surface area contributed by atoms with Crippen LogP contribution in [0.15, 0.2) is 10.2 Å². The molecule has 0 aromatic heterocycles. The third kappa shape index (κ3) is 18.9. The summed E-state index contributed by atoms with van der Waals surface area (Å²) in [4.78, 5) is 0. The SMILES string of the molecule is CO[Si](C)(CCCCCCCC/N=N\CCCCCCC#C[Si](C)(C)C)OC. The molecule has 0 saturated heterocycles. The molecule has 6 heteroatoms.